The van der Waals surface area contributed by atoms with Crippen LogP contribution >= 0.6 is 27.3 Å². The molecule has 0 radical (unpaired) electrons. The molecule has 0 amide bonds. The van der Waals surface area contributed by atoms with Crippen LogP contribution in [0.2, 0.25) is 0 Å². The van der Waals surface area contributed by atoms with Crippen LogP contribution in [0.4, 0.5) is 5.13 Å². The van der Waals surface area contributed by atoms with Crippen molar-refractivity contribution in [3.8, 4) is 11.3 Å². The molecule has 0 unspecified atom stereocenters. The van der Waals surface area contributed by atoms with Crippen LogP contribution < -0.4 is 5.43 Å². The van der Waals surface area contributed by atoms with Crippen LogP contribution in [-0.2, 0) is 0 Å². The molecule has 0 saturated heterocycles. The highest BCUT2D eigenvalue weighted by atomic mass is 79.9. The molecule has 0 aliphatic rings. The number of benzene rings is 2. The average Bonchev–Trinajstić information content (AvgIpc) is 2.91. The third-order valence-electron chi connectivity index (χ3n) is 3.09. The quantitative estimate of drug-likeness (QED) is 0.497. The first-order valence-electron chi connectivity index (χ1n) is 6.80. The zero-order valence-electron chi connectivity index (χ0n) is 12.0. The Morgan fingerprint density at radius 1 is 1.09 bits per heavy atom. The van der Waals surface area contributed by atoms with Gasteiger partial charge in [0, 0.05) is 14.9 Å². The Morgan fingerprint density at radius 3 is 2.55 bits per heavy atom. The molecule has 3 rings (SSSR count). The molecule has 22 heavy (non-hydrogen) atoms. The van der Waals surface area contributed by atoms with Gasteiger partial charge in [0.1, 0.15) is 0 Å². The molecule has 0 aliphatic heterocycles. The molecular weight excluding hydrogens is 358 g/mol. The summed E-state index contributed by atoms with van der Waals surface area (Å²) in [7, 11) is 0. The van der Waals surface area contributed by atoms with Gasteiger partial charge in [0.15, 0.2) is 0 Å². The van der Waals surface area contributed by atoms with Gasteiger partial charge >= 0.3 is 0 Å². The van der Waals surface area contributed by atoms with Crippen LogP contribution in [0.15, 0.2) is 64.2 Å². The monoisotopic (exact) mass is 371 g/mol. The Bertz CT molecular complexity index is 779. The second-order valence-corrected chi connectivity index (χ2v) is 6.83. The molecule has 0 spiro atoms. The van der Waals surface area contributed by atoms with Crippen molar-refractivity contribution >= 4 is 38.6 Å². The van der Waals surface area contributed by atoms with Crippen molar-refractivity contribution in [2.75, 3.05) is 5.43 Å². The van der Waals surface area contributed by atoms with Gasteiger partial charge in [0.25, 0.3) is 0 Å². The number of anilines is 1. The smallest absolute Gasteiger partial charge is 0.204 e. The summed E-state index contributed by atoms with van der Waals surface area (Å²) in [5, 5.41) is 5.04. The summed E-state index contributed by atoms with van der Waals surface area (Å²) >= 11 is 5.02. The molecule has 0 bridgehead atoms. The van der Waals surface area contributed by atoms with E-state index in [2.05, 4.69) is 50.5 Å². The zero-order valence-corrected chi connectivity index (χ0v) is 14.4. The van der Waals surface area contributed by atoms with Crippen molar-refractivity contribution in [2.45, 2.75) is 6.92 Å². The number of nitrogens with one attached hydrogen (secondary N) is 1. The van der Waals surface area contributed by atoms with Crippen molar-refractivity contribution in [1.29, 1.82) is 0 Å². The second kappa shape index (κ2) is 6.85. The Balaban J connectivity index is 1.73. The first-order valence-corrected chi connectivity index (χ1v) is 8.41. The lowest BCUT2D eigenvalue weighted by Gasteiger charge is -1.97. The van der Waals surface area contributed by atoms with Crippen molar-refractivity contribution in [1.82, 2.24) is 4.98 Å². The van der Waals surface area contributed by atoms with Crippen molar-refractivity contribution in [3.05, 3.63) is 69.5 Å². The van der Waals surface area contributed by atoms with E-state index in [-0.39, 0.29) is 0 Å². The lowest BCUT2D eigenvalue weighted by molar-refractivity contribution is 1.28. The standard InChI is InChI=1S/C17H14BrN3S/c1-12-16(14-5-3-2-4-6-14)20-17(22-12)21-19-11-13-7-9-15(18)10-8-13/h2-11H,1H3,(H,20,21)/b19-11+. The highest BCUT2D eigenvalue weighted by Crippen LogP contribution is 2.30. The third kappa shape index (κ3) is 3.61. The van der Waals surface area contributed by atoms with E-state index in [1.54, 1.807) is 17.6 Å². The Labute approximate surface area is 141 Å². The maximum Gasteiger partial charge on any atom is 0.204 e. The lowest BCUT2D eigenvalue weighted by atomic mass is 10.1. The van der Waals surface area contributed by atoms with Gasteiger partial charge in [-0.15, -0.1) is 11.3 Å². The number of hydrogen-bond donors (Lipinski definition) is 1. The zero-order chi connectivity index (χ0) is 15.4. The number of thiazole rings is 1. The molecule has 0 atom stereocenters. The molecule has 3 nitrogen and oxygen atoms in total. The maximum atomic E-state index is 4.61. The minimum Gasteiger partial charge on any atom is -0.253 e. The van der Waals surface area contributed by atoms with Gasteiger partial charge < -0.3 is 0 Å². The topological polar surface area (TPSA) is 37.3 Å². The first-order chi connectivity index (χ1) is 10.7. The van der Waals surface area contributed by atoms with Gasteiger partial charge in [0.05, 0.1) is 11.9 Å². The second-order valence-electron chi connectivity index (χ2n) is 4.71. The lowest BCUT2D eigenvalue weighted by Crippen LogP contribution is -1.90. The van der Waals surface area contributed by atoms with Gasteiger partial charge in [-0.2, -0.15) is 5.10 Å². The average molecular weight is 372 g/mol. The van der Waals surface area contributed by atoms with Gasteiger partial charge in [-0.1, -0.05) is 58.4 Å². The number of hydrazone groups is 1. The van der Waals surface area contributed by atoms with E-state index in [0.29, 0.717) is 0 Å². The largest absolute Gasteiger partial charge is 0.253 e. The Hall–Kier alpha value is -1.98. The van der Waals surface area contributed by atoms with E-state index in [1.165, 1.54) is 4.88 Å². The van der Waals surface area contributed by atoms with E-state index in [1.807, 2.05) is 42.5 Å². The molecule has 1 aromatic heterocycles. The highest BCUT2D eigenvalue weighted by molar-refractivity contribution is 9.10. The number of nitrogens with zero attached hydrogens (tertiary/aromatic N) is 2. The highest BCUT2D eigenvalue weighted by Gasteiger charge is 2.08. The summed E-state index contributed by atoms with van der Waals surface area (Å²) < 4.78 is 1.06. The summed E-state index contributed by atoms with van der Waals surface area (Å²) in [4.78, 5) is 5.79. The number of aromatic nitrogens is 1. The van der Waals surface area contributed by atoms with E-state index in [9.17, 15) is 0 Å². The van der Waals surface area contributed by atoms with Gasteiger partial charge in [-0.25, -0.2) is 4.98 Å². The van der Waals surface area contributed by atoms with Crippen LogP contribution in [0.25, 0.3) is 11.3 Å². The predicted octanol–water partition coefficient (Wildman–Crippen LogP) is 5.33. The first kappa shape index (κ1) is 14.9. The van der Waals surface area contributed by atoms with Crippen LogP contribution in [0.5, 0.6) is 0 Å². The van der Waals surface area contributed by atoms with Crippen LogP contribution in [-0.4, -0.2) is 11.2 Å². The van der Waals surface area contributed by atoms with Crippen LogP contribution in [0.3, 0.4) is 0 Å². The molecule has 3 aromatic rings. The normalized spacial score (nSPS) is 11.0. The predicted molar refractivity (Wildman–Crippen MR) is 97.6 cm³/mol. The summed E-state index contributed by atoms with van der Waals surface area (Å²) in [6.45, 7) is 2.07. The maximum absolute atomic E-state index is 4.61. The molecule has 5 heteroatoms. The third-order valence-corrected chi connectivity index (χ3v) is 4.49. The molecule has 0 saturated carbocycles. The molecule has 0 aliphatic carbocycles. The summed E-state index contributed by atoms with van der Waals surface area (Å²) in [5.74, 6) is 0. The van der Waals surface area contributed by atoms with Crippen molar-refractivity contribution in [2.24, 2.45) is 5.10 Å². The van der Waals surface area contributed by atoms with Gasteiger partial charge in [0.2, 0.25) is 5.13 Å². The fourth-order valence-corrected chi connectivity index (χ4v) is 3.07. The van der Waals surface area contributed by atoms with Crippen molar-refractivity contribution in [3.63, 3.8) is 0 Å². The SMILES string of the molecule is Cc1sc(N/N=C/c2ccc(Br)cc2)nc1-c1ccccc1. The minimum absolute atomic E-state index is 0.796. The van der Waals surface area contributed by atoms with E-state index in [4.69, 9.17) is 0 Å². The Morgan fingerprint density at radius 2 is 1.82 bits per heavy atom. The number of rotatable bonds is 4. The number of halogens is 1. The fraction of sp³-hybridized carbons (Fsp3) is 0.0588. The summed E-state index contributed by atoms with van der Waals surface area (Å²) in [5.41, 5.74) is 6.17. The number of aryl methyl sites for hydroxylation is 1. The molecular formula is C17H14BrN3S. The van der Waals surface area contributed by atoms with Crippen LogP contribution in [0.1, 0.15) is 10.4 Å². The van der Waals surface area contributed by atoms with Gasteiger partial charge in [-0.3, -0.25) is 5.43 Å². The molecule has 1 N–H and O–H groups in total. The summed E-state index contributed by atoms with van der Waals surface area (Å²) in [6.07, 6.45) is 1.78. The van der Waals surface area contributed by atoms with Crippen LogP contribution in [0, 0.1) is 6.92 Å². The molecule has 110 valence electrons. The van der Waals surface area contributed by atoms with E-state index >= 15 is 0 Å². The molecule has 0 fully saturated rings. The van der Waals surface area contributed by atoms with E-state index in [0.717, 1.165) is 26.4 Å². The summed E-state index contributed by atoms with van der Waals surface area (Å²) in [6, 6.07) is 18.2. The minimum atomic E-state index is 0.796. The van der Waals surface area contributed by atoms with E-state index < -0.39 is 0 Å². The fourth-order valence-electron chi connectivity index (χ4n) is 2.02. The van der Waals surface area contributed by atoms with Crippen molar-refractivity contribution < 1.29 is 0 Å². The molecule has 1 heterocycles. The molecule has 2 aromatic carbocycles. The Kier molecular flexibility index (Phi) is 4.65. The van der Waals surface area contributed by atoms with Gasteiger partial charge in [-0.05, 0) is 24.6 Å². The number of hydrogen-bond acceptors (Lipinski definition) is 4.